The first-order valence-electron chi connectivity index (χ1n) is 9.49. The van der Waals surface area contributed by atoms with Gasteiger partial charge in [0.05, 0.1) is 10.9 Å². The lowest BCUT2D eigenvalue weighted by Crippen LogP contribution is -2.07. The molecular weight excluding hydrogens is 402 g/mol. The van der Waals surface area contributed by atoms with Crippen molar-refractivity contribution < 1.29 is 9.52 Å². The molecular formula is C22H19N3O4S. The first kappa shape index (κ1) is 18.6. The lowest BCUT2D eigenvalue weighted by Gasteiger charge is -2.10. The molecule has 0 spiro atoms. The number of thioether (sulfide) groups is 1. The van der Waals surface area contributed by atoms with Gasteiger partial charge in [-0.3, -0.25) is 19.4 Å². The minimum Gasteiger partial charge on any atom is -0.502 e. The lowest BCUT2D eigenvalue weighted by molar-refractivity contribution is 0.464. The van der Waals surface area contributed by atoms with Crippen LogP contribution in [0.4, 0.5) is 0 Å². The Hall–Kier alpha value is -3.39. The van der Waals surface area contributed by atoms with Gasteiger partial charge in [-0.15, -0.1) is 11.8 Å². The Kier molecular flexibility index (Phi) is 4.08. The number of aromatic hydroxyl groups is 1. The topological polar surface area (TPSA) is 104 Å². The summed E-state index contributed by atoms with van der Waals surface area (Å²) < 4.78 is 7.77. The molecule has 2 aromatic carbocycles. The van der Waals surface area contributed by atoms with Crippen LogP contribution < -0.4 is 11.0 Å². The van der Waals surface area contributed by atoms with E-state index in [1.807, 2.05) is 44.4 Å². The average molecular weight is 421 g/mol. The number of pyridine rings is 1. The number of H-pyrrole nitrogens is 2. The maximum Gasteiger partial charge on any atom is 0.274 e. The molecule has 0 fully saturated rings. The minimum absolute atomic E-state index is 0.00966. The maximum atomic E-state index is 13.0. The summed E-state index contributed by atoms with van der Waals surface area (Å²) in [7, 11) is 0. The van der Waals surface area contributed by atoms with Gasteiger partial charge < -0.3 is 14.5 Å². The van der Waals surface area contributed by atoms with Crippen LogP contribution in [0.3, 0.4) is 0 Å². The first-order valence-corrected chi connectivity index (χ1v) is 10.7. The standard InChI is InChI=1S/C22H19N3O4S/c1-10(2)25-21-16(22(28)24-25)15(11-4-6-12(30-3)7-5-11)20-17(23-21)13-8-9-14(26)18(27)19(13)29-20/h4-10,23,27H,1-3H3,(H,24,28). The van der Waals surface area contributed by atoms with Crippen molar-refractivity contribution in [2.45, 2.75) is 24.8 Å². The number of benzene rings is 2. The third-order valence-electron chi connectivity index (χ3n) is 5.34. The van der Waals surface area contributed by atoms with E-state index < -0.39 is 11.2 Å². The molecule has 3 aromatic heterocycles. The molecule has 0 aliphatic carbocycles. The van der Waals surface area contributed by atoms with Crippen molar-refractivity contribution in [3.8, 4) is 16.9 Å². The van der Waals surface area contributed by atoms with E-state index in [0.29, 0.717) is 33.1 Å². The fourth-order valence-electron chi connectivity index (χ4n) is 3.89. The number of hydrogen-bond donors (Lipinski definition) is 3. The number of phenolic OH excluding ortho intramolecular Hbond substituents is 1. The molecule has 5 rings (SSSR count). The molecule has 8 heteroatoms. The van der Waals surface area contributed by atoms with Gasteiger partial charge in [-0.25, -0.2) is 0 Å². The summed E-state index contributed by atoms with van der Waals surface area (Å²) in [5, 5.41) is 14.2. The van der Waals surface area contributed by atoms with Gasteiger partial charge in [-0.1, -0.05) is 12.1 Å². The fraction of sp³-hybridized carbons (Fsp3) is 0.182. The van der Waals surface area contributed by atoms with Gasteiger partial charge in [0, 0.05) is 21.9 Å². The van der Waals surface area contributed by atoms with Crippen LogP contribution >= 0.6 is 11.8 Å². The number of nitrogens with one attached hydrogen (secondary N) is 2. The molecule has 0 aliphatic rings. The average Bonchev–Trinajstić information content (AvgIpc) is 3.28. The number of hydrogen-bond acceptors (Lipinski definition) is 5. The van der Waals surface area contributed by atoms with E-state index >= 15 is 0 Å². The Bertz CT molecular complexity index is 1550. The second-order valence-electron chi connectivity index (χ2n) is 7.45. The second kappa shape index (κ2) is 6.56. The van der Waals surface area contributed by atoms with Crippen molar-refractivity contribution in [1.82, 2.24) is 14.8 Å². The van der Waals surface area contributed by atoms with Gasteiger partial charge in [0.15, 0.2) is 11.2 Å². The van der Waals surface area contributed by atoms with Crippen LogP contribution in [-0.4, -0.2) is 26.1 Å². The fourth-order valence-corrected chi connectivity index (χ4v) is 4.29. The van der Waals surface area contributed by atoms with Crippen molar-refractivity contribution in [2.75, 3.05) is 6.26 Å². The van der Waals surface area contributed by atoms with Crippen LogP contribution in [0, 0.1) is 0 Å². The number of furan rings is 1. The molecule has 0 saturated carbocycles. The van der Waals surface area contributed by atoms with Crippen molar-refractivity contribution >= 4 is 44.9 Å². The van der Waals surface area contributed by atoms with Gasteiger partial charge in [-0.05, 0) is 49.9 Å². The van der Waals surface area contributed by atoms with Gasteiger partial charge in [0.25, 0.3) is 5.56 Å². The van der Waals surface area contributed by atoms with E-state index in [2.05, 4.69) is 10.1 Å². The molecule has 152 valence electrons. The maximum absolute atomic E-state index is 13.0. The second-order valence-corrected chi connectivity index (χ2v) is 8.33. The highest BCUT2D eigenvalue weighted by atomic mass is 32.2. The van der Waals surface area contributed by atoms with Crippen molar-refractivity contribution in [2.24, 2.45) is 0 Å². The van der Waals surface area contributed by atoms with E-state index in [0.717, 1.165) is 10.5 Å². The predicted molar refractivity (Wildman–Crippen MR) is 120 cm³/mol. The number of phenols is 1. The van der Waals surface area contributed by atoms with Crippen LogP contribution in [0.1, 0.15) is 19.9 Å². The highest BCUT2D eigenvalue weighted by molar-refractivity contribution is 7.98. The molecule has 0 unspecified atom stereocenters. The quantitative estimate of drug-likeness (QED) is 0.370. The van der Waals surface area contributed by atoms with E-state index in [4.69, 9.17) is 4.42 Å². The highest BCUT2D eigenvalue weighted by Gasteiger charge is 2.23. The van der Waals surface area contributed by atoms with Gasteiger partial charge >= 0.3 is 0 Å². The van der Waals surface area contributed by atoms with Crippen molar-refractivity contribution in [3.63, 3.8) is 0 Å². The number of fused-ring (bicyclic) bond motifs is 4. The Balaban J connectivity index is 2.03. The number of nitrogens with zero attached hydrogens (tertiary/aromatic N) is 1. The van der Waals surface area contributed by atoms with Crippen LogP contribution in [0.5, 0.6) is 5.75 Å². The summed E-state index contributed by atoms with van der Waals surface area (Å²) in [6, 6.07) is 10.8. The van der Waals surface area contributed by atoms with Crippen molar-refractivity contribution in [1.29, 1.82) is 0 Å². The summed E-state index contributed by atoms with van der Waals surface area (Å²) in [6.45, 7) is 3.95. The van der Waals surface area contributed by atoms with E-state index in [1.54, 1.807) is 22.5 Å². The molecule has 0 aliphatic heterocycles. The van der Waals surface area contributed by atoms with Crippen LogP contribution in [-0.2, 0) is 0 Å². The Morgan fingerprint density at radius 1 is 1.07 bits per heavy atom. The van der Waals surface area contributed by atoms with Crippen LogP contribution in [0.25, 0.3) is 44.2 Å². The van der Waals surface area contributed by atoms with Gasteiger partial charge in [0.1, 0.15) is 5.65 Å². The van der Waals surface area contributed by atoms with Crippen molar-refractivity contribution in [3.05, 3.63) is 57.0 Å². The molecule has 0 amide bonds. The molecule has 5 aromatic rings. The number of aromatic amines is 2. The van der Waals surface area contributed by atoms with Gasteiger partial charge in [-0.2, -0.15) is 0 Å². The molecule has 0 atom stereocenters. The third kappa shape index (κ3) is 2.53. The zero-order valence-electron chi connectivity index (χ0n) is 16.6. The first-order chi connectivity index (χ1) is 14.4. The molecule has 7 nitrogen and oxygen atoms in total. The smallest absolute Gasteiger partial charge is 0.274 e. The molecule has 30 heavy (non-hydrogen) atoms. The van der Waals surface area contributed by atoms with Crippen LogP contribution in [0.15, 0.2) is 55.3 Å². The summed E-state index contributed by atoms with van der Waals surface area (Å²) in [5.41, 5.74) is 2.44. The van der Waals surface area contributed by atoms with Crippen LogP contribution in [0.2, 0.25) is 0 Å². The molecule has 0 saturated heterocycles. The Labute approximate surface area is 174 Å². The van der Waals surface area contributed by atoms with E-state index in [1.165, 1.54) is 6.07 Å². The summed E-state index contributed by atoms with van der Waals surface area (Å²) in [4.78, 5) is 29.3. The summed E-state index contributed by atoms with van der Waals surface area (Å²) >= 11 is 1.63. The zero-order valence-corrected chi connectivity index (χ0v) is 17.4. The predicted octanol–water partition coefficient (Wildman–Crippen LogP) is 4.59. The largest absolute Gasteiger partial charge is 0.502 e. The number of aromatic nitrogens is 3. The molecule has 3 N–H and O–H groups in total. The molecule has 3 heterocycles. The Morgan fingerprint density at radius 3 is 2.47 bits per heavy atom. The minimum atomic E-state index is -0.512. The SMILES string of the molecule is CSc1ccc(-c2c3oc4c(O)c(=O)ccc4c3[nH]c3c2c(=O)[nH]n3C(C)C)cc1. The monoisotopic (exact) mass is 421 g/mol. The van der Waals surface area contributed by atoms with E-state index in [9.17, 15) is 14.7 Å². The summed E-state index contributed by atoms with van der Waals surface area (Å²) in [5.74, 6) is -0.439. The van der Waals surface area contributed by atoms with E-state index in [-0.39, 0.29) is 17.2 Å². The summed E-state index contributed by atoms with van der Waals surface area (Å²) in [6.07, 6.45) is 2.00. The Morgan fingerprint density at radius 2 is 1.80 bits per heavy atom. The number of rotatable bonds is 3. The van der Waals surface area contributed by atoms with Gasteiger partial charge in [0.2, 0.25) is 11.2 Å². The third-order valence-corrected chi connectivity index (χ3v) is 6.08. The molecule has 0 radical (unpaired) electrons. The highest BCUT2D eigenvalue weighted by Crippen LogP contribution is 2.40. The molecule has 0 bridgehead atoms. The lowest BCUT2D eigenvalue weighted by atomic mass is 10.0. The zero-order chi connectivity index (χ0) is 21.2. The normalized spacial score (nSPS) is 12.0.